The number of methoxy groups -OCH3 is 1. The molecule has 1 atom stereocenters. The molecule has 0 spiro atoms. The summed E-state index contributed by atoms with van der Waals surface area (Å²) in [5.74, 6) is 0.191. The number of hydrogen-bond acceptors (Lipinski definition) is 3. The molecule has 0 aromatic carbocycles. The van der Waals surface area contributed by atoms with Crippen LogP contribution in [0.5, 0.6) is 0 Å². The van der Waals surface area contributed by atoms with Crippen molar-refractivity contribution in [3.05, 3.63) is 12.2 Å². The molecular formula is C9H17NO2. The molecule has 1 unspecified atom stereocenters. The Morgan fingerprint density at radius 2 is 2.17 bits per heavy atom. The Bertz CT molecular complexity index is 164. The molecule has 12 heavy (non-hydrogen) atoms. The first kappa shape index (κ1) is 11.2. The molecule has 0 heterocycles. The second kappa shape index (κ2) is 5.77. The summed E-state index contributed by atoms with van der Waals surface area (Å²) in [5.41, 5.74) is 5.68. The van der Waals surface area contributed by atoms with E-state index in [-0.39, 0.29) is 12.0 Å². The average Bonchev–Trinajstić information content (AvgIpc) is 1.99. The third-order valence-corrected chi connectivity index (χ3v) is 1.42. The van der Waals surface area contributed by atoms with Crippen molar-refractivity contribution >= 4 is 5.97 Å². The zero-order chi connectivity index (χ0) is 9.56. The Morgan fingerprint density at radius 1 is 1.58 bits per heavy atom. The summed E-state index contributed by atoms with van der Waals surface area (Å²) in [6.07, 6.45) is 3.92. The van der Waals surface area contributed by atoms with E-state index in [9.17, 15) is 4.79 Å². The lowest BCUT2D eigenvalue weighted by Gasteiger charge is -2.08. The van der Waals surface area contributed by atoms with E-state index in [1.165, 1.54) is 13.2 Å². The van der Waals surface area contributed by atoms with Crippen molar-refractivity contribution in [2.24, 2.45) is 11.7 Å². The van der Waals surface area contributed by atoms with E-state index in [4.69, 9.17) is 5.73 Å². The SMILES string of the molecule is COC(=O)C=CC(N)CC(C)C. The van der Waals surface area contributed by atoms with Crippen molar-refractivity contribution in [1.29, 1.82) is 0 Å². The number of carbonyl (C=O) groups is 1. The first-order chi connectivity index (χ1) is 5.56. The van der Waals surface area contributed by atoms with Gasteiger partial charge in [-0.3, -0.25) is 0 Å². The Hall–Kier alpha value is -0.830. The second-order valence-electron chi connectivity index (χ2n) is 3.18. The fourth-order valence-electron chi connectivity index (χ4n) is 0.893. The van der Waals surface area contributed by atoms with Crippen molar-refractivity contribution in [2.45, 2.75) is 26.3 Å². The van der Waals surface area contributed by atoms with E-state index >= 15 is 0 Å². The minimum Gasteiger partial charge on any atom is -0.466 e. The summed E-state index contributed by atoms with van der Waals surface area (Å²) >= 11 is 0. The molecule has 0 aromatic rings. The van der Waals surface area contributed by atoms with Crippen LogP contribution in [0.25, 0.3) is 0 Å². The topological polar surface area (TPSA) is 52.3 Å². The number of nitrogens with two attached hydrogens (primary N) is 1. The third-order valence-electron chi connectivity index (χ3n) is 1.42. The first-order valence-corrected chi connectivity index (χ1v) is 4.08. The maximum atomic E-state index is 10.6. The summed E-state index contributed by atoms with van der Waals surface area (Å²) in [6, 6.07) is -0.0518. The Morgan fingerprint density at radius 3 is 2.58 bits per heavy atom. The number of esters is 1. The van der Waals surface area contributed by atoms with Crippen LogP contribution in [0, 0.1) is 5.92 Å². The van der Waals surface area contributed by atoms with Crippen molar-refractivity contribution in [1.82, 2.24) is 0 Å². The van der Waals surface area contributed by atoms with Gasteiger partial charge in [0.15, 0.2) is 0 Å². The van der Waals surface area contributed by atoms with Crippen LogP contribution < -0.4 is 5.73 Å². The molecule has 0 amide bonds. The highest BCUT2D eigenvalue weighted by Crippen LogP contribution is 2.03. The molecule has 3 heteroatoms. The average molecular weight is 171 g/mol. The number of rotatable bonds is 4. The lowest BCUT2D eigenvalue weighted by atomic mass is 10.0. The van der Waals surface area contributed by atoms with Gasteiger partial charge in [0.05, 0.1) is 7.11 Å². The van der Waals surface area contributed by atoms with Crippen LogP contribution in [0.1, 0.15) is 20.3 Å². The highest BCUT2D eigenvalue weighted by Gasteiger charge is 2.01. The fraction of sp³-hybridized carbons (Fsp3) is 0.667. The van der Waals surface area contributed by atoms with E-state index in [0.717, 1.165) is 6.42 Å². The molecule has 0 bridgehead atoms. The van der Waals surface area contributed by atoms with Crippen LogP contribution in [-0.2, 0) is 9.53 Å². The molecular weight excluding hydrogens is 154 g/mol. The van der Waals surface area contributed by atoms with Gasteiger partial charge in [0.1, 0.15) is 0 Å². The molecule has 0 aliphatic carbocycles. The zero-order valence-electron chi connectivity index (χ0n) is 7.91. The van der Waals surface area contributed by atoms with Gasteiger partial charge < -0.3 is 10.5 Å². The van der Waals surface area contributed by atoms with E-state index in [1.807, 2.05) is 0 Å². The standard InChI is InChI=1S/C9H17NO2/c1-7(2)6-8(10)4-5-9(11)12-3/h4-5,7-8H,6,10H2,1-3H3. The summed E-state index contributed by atoms with van der Waals surface area (Å²) in [5, 5.41) is 0. The molecule has 0 radical (unpaired) electrons. The van der Waals surface area contributed by atoms with E-state index in [0.29, 0.717) is 5.92 Å². The van der Waals surface area contributed by atoms with Gasteiger partial charge in [0.2, 0.25) is 0 Å². The van der Waals surface area contributed by atoms with Crippen LogP contribution in [0.3, 0.4) is 0 Å². The van der Waals surface area contributed by atoms with Crippen molar-refractivity contribution in [2.75, 3.05) is 7.11 Å². The molecule has 0 aliphatic rings. The number of hydrogen-bond donors (Lipinski definition) is 1. The largest absolute Gasteiger partial charge is 0.466 e. The van der Waals surface area contributed by atoms with Crippen molar-refractivity contribution in [3.8, 4) is 0 Å². The molecule has 0 saturated heterocycles. The Balaban J connectivity index is 3.74. The predicted octanol–water partition coefficient (Wildman–Crippen LogP) is 1.09. The lowest BCUT2D eigenvalue weighted by Crippen LogP contribution is -2.19. The summed E-state index contributed by atoms with van der Waals surface area (Å²) in [7, 11) is 1.35. The van der Waals surface area contributed by atoms with Gasteiger partial charge in [0, 0.05) is 12.1 Å². The van der Waals surface area contributed by atoms with Gasteiger partial charge in [-0.05, 0) is 12.3 Å². The van der Waals surface area contributed by atoms with Crippen molar-refractivity contribution in [3.63, 3.8) is 0 Å². The minimum absolute atomic E-state index is 0.0518. The molecule has 3 nitrogen and oxygen atoms in total. The highest BCUT2D eigenvalue weighted by atomic mass is 16.5. The Labute approximate surface area is 73.6 Å². The van der Waals surface area contributed by atoms with E-state index in [1.54, 1.807) is 6.08 Å². The zero-order valence-corrected chi connectivity index (χ0v) is 7.91. The monoisotopic (exact) mass is 171 g/mol. The van der Waals surface area contributed by atoms with Gasteiger partial charge >= 0.3 is 5.97 Å². The quantitative estimate of drug-likeness (QED) is 0.509. The normalized spacial score (nSPS) is 13.8. The molecule has 70 valence electrons. The molecule has 0 rings (SSSR count). The summed E-state index contributed by atoms with van der Waals surface area (Å²) in [4.78, 5) is 10.6. The molecule has 0 saturated carbocycles. The van der Waals surface area contributed by atoms with Gasteiger partial charge in [-0.2, -0.15) is 0 Å². The maximum Gasteiger partial charge on any atom is 0.330 e. The highest BCUT2D eigenvalue weighted by molar-refractivity contribution is 5.81. The number of carbonyl (C=O) groups excluding carboxylic acids is 1. The number of ether oxygens (including phenoxy) is 1. The third kappa shape index (κ3) is 5.92. The molecule has 0 aromatic heterocycles. The van der Waals surface area contributed by atoms with Crippen LogP contribution in [0.2, 0.25) is 0 Å². The van der Waals surface area contributed by atoms with Crippen molar-refractivity contribution < 1.29 is 9.53 Å². The second-order valence-corrected chi connectivity index (χ2v) is 3.18. The fourth-order valence-corrected chi connectivity index (χ4v) is 0.893. The van der Waals surface area contributed by atoms with Crippen LogP contribution >= 0.6 is 0 Å². The summed E-state index contributed by atoms with van der Waals surface area (Å²) < 4.78 is 4.42. The Kier molecular flexibility index (Phi) is 5.37. The van der Waals surface area contributed by atoms with Gasteiger partial charge in [0.25, 0.3) is 0 Å². The van der Waals surface area contributed by atoms with E-state index < -0.39 is 0 Å². The first-order valence-electron chi connectivity index (χ1n) is 4.08. The van der Waals surface area contributed by atoms with E-state index in [2.05, 4.69) is 18.6 Å². The smallest absolute Gasteiger partial charge is 0.330 e. The maximum absolute atomic E-state index is 10.6. The minimum atomic E-state index is -0.353. The van der Waals surface area contributed by atoms with Crippen LogP contribution in [0.4, 0.5) is 0 Å². The lowest BCUT2D eigenvalue weighted by molar-refractivity contribution is -0.134. The molecule has 0 fully saturated rings. The predicted molar refractivity (Wildman–Crippen MR) is 48.6 cm³/mol. The summed E-state index contributed by atoms with van der Waals surface area (Å²) in [6.45, 7) is 4.18. The van der Waals surface area contributed by atoms with Gasteiger partial charge in [-0.15, -0.1) is 0 Å². The van der Waals surface area contributed by atoms with Gasteiger partial charge in [-0.25, -0.2) is 4.79 Å². The van der Waals surface area contributed by atoms with Crippen LogP contribution in [0.15, 0.2) is 12.2 Å². The van der Waals surface area contributed by atoms with Gasteiger partial charge in [-0.1, -0.05) is 19.9 Å². The molecule has 0 aliphatic heterocycles. The molecule has 2 N–H and O–H groups in total. The van der Waals surface area contributed by atoms with Crippen LogP contribution in [-0.4, -0.2) is 19.1 Å².